The van der Waals surface area contributed by atoms with E-state index in [2.05, 4.69) is 28.5 Å². The standard InChI is InChI=1S/C23H16N5O2.ClH/c29-28(30)20-15-13-18(14-16-20)23-24-25-27(19-9-2-1-3-10-19)26(23)22-12-6-8-17-7-4-5-11-21(17)22;/h1-16H;1H/q+1;/p-1. The molecule has 0 aliphatic rings. The van der Waals surface area contributed by atoms with Gasteiger partial charge in [0.1, 0.15) is 16.5 Å². The molecule has 0 saturated carbocycles. The van der Waals surface area contributed by atoms with Gasteiger partial charge in [-0.1, -0.05) is 54.6 Å². The highest BCUT2D eigenvalue weighted by molar-refractivity contribution is 5.88. The largest absolute Gasteiger partial charge is 1.00 e. The third kappa shape index (κ3) is 3.62. The maximum Gasteiger partial charge on any atom is 0.337 e. The fourth-order valence-corrected chi connectivity index (χ4v) is 3.51. The van der Waals surface area contributed by atoms with Crippen molar-refractivity contribution in [3.63, 3.8) is 0 Å². The molecule has 0 saturated heterocycles. The number of benzene rings is 4. The zero-order valence-electron chi connectivity index (χ0n) is 16.2. The fraction of sp³-hybridized carbons (Fsp3) is 0. The number of fused-ring (bicyclic) bond motifs is 1. The molecule has 8 heteroatoms. The summed E-state index contributed by atoms with van der Waals surface area (Å²) in [6.07, 6.45) is 0. The van der Waals surface area contributed by atoms with Gasteiger partial charge >= 0.3 is 5.82 Å². The molecule has 1 aromatic heterocycles. The van der Waals surface area contributed by atoms with Crippen LogP contribution in [0.4, 0.5) is 5.69 Å². The van der Waals surface area contributed by atoms with Gasteiger partial charge < -0.3 is 12.4 Å². The molecule has 0 fully saturated rings. The number of nitrogens with zero attached hydrogens (tertiary/aromatic N) is 5. The topological polar surface area (TPSA) is 77.7 Å². The van der Waals surface area contributed by atoms with Crippen molar-refractivity contribution in [3.05, 3.63) is 107 Å². The number of para-hydroxylation sites is 1. The summed E-state index contributed by atoms with van der Waals surface area (Å²) in [5.41, 5.74) is 2.53. The molecule has 0 bridgehead atoms. The van der Waals surface area contributed by atoms with Gasteiger partial charge in [0.25, 0.3) is 5.69 Å². The molecular formula is C23H16ClN5O2. The lowest BCUT2D eigenvalue weighted by molar-refractivity contribution is -0.668. The minimum Gasteiger partial charge on any atom is -1.00 e. The van der Waals surface area contributed by atoms with Gasteiger partial charge in [-0.2, -0.15) is 0 Å². The van der Waals surface area contributed by atoms with Crippen molar-refractivity contribution in [3.8, 4) is 22.8 Å². The van der Waals surface area contributed by atoms with Crippen LogP contribution in [0, 0.1) is 10.1 Å². The third-order valence-corrected chi connectivity index (χ3v) is 4.93. The van der Waals surface area contributed by atoms with Crippen LogP contribution in [0.2, 0.25) is 0 Å². The summed E-state index contributed by atoms with van der Waals surface area (Å²) in [6.45, 7) is 0. The van der Waals surface area contributed by atoms with Crippen molar-refractivity contribution in [1.29, 1.82) is 0 Å². The fourth-order valence-electron chi connectivity index (χ4n) is 3.51. The lowest BCUT2D eigenvalue weighted by Gasteiger charge is -2.08. The van der Waals surface area contributed by atoms with Gasteiger partial charge in [0.2, 0.25) is 0 Å². The molecule has 0 N–H and O–H groups in total. The molecule has 152 valence electrons. The molecule has 0 radical (unpaired) electrons. The first-order valence-electron chi connectivity index (χ1n) is 9.39. The second kappa shape index (κ2) is 8.33. The first-order chi connectivity index (χ1) is 14.7. The van der Waals surface area contributed by atoms with Crippen LogP contribution in [0.3, 0.4) is 0 Å². The molecule has 31 heavy (non-hydrogen) atoms. The van der Waals surface area contributed by atoms with Gasteiger partial charge in [-0.25, -0.2) is 0 Å². The zero-order chi connectivity index (χ0) is 20.5. The monoisotopic (exact) mass is 429 g/mol. The second-order valence-electron chi connectivity index (χ2n) is 6.75. The number of nitro groups is 1. The summed E-state index contributed by atoms with van der Waals surface area (Å²) in [6, 6.07) is 30.2. The molecule has 0 spiro atoms. The Balaban J connectivity index is 0.00000231. The predicted octanol–water partition coefficient (Wildman–Crippen LogP) is 1.28. The average Bonchev–Trinajstić information content (AvgIpc) is 3.24. The molecule has 5 rings (SSSR count). The first kappa shape index (κ1) is 20.2. The van der Waals surface area contributed by atoms with Gasteiger partial charge in [-0.05, 0) is 40.5 Å². The smallest absolute Gasteiger partial charge is 0.337 e. The van der Waals surface area contributed by atoms with Gasteiger partial charge in [0.15, 0.2) is 5.21 Å². The Bertz CT molecular complexity index is 1360. The summed E-state index contributed by atoms with van der Waals surface area (Å²) in [5.74, 6) is 0.588. The molecule has 5 aromatic rings. The molecule has 7 nitrogen and oxygen atoms in total. The van der Waals surface area contributed by atoms with E-state index in [0.29, 0.717) is 5.82 Å². The van der Waals surface area contributed by atoms with Crippen molar-refractivity contribution in [2.45, 2.75) is 0 Å². The Morgan fingerprint density at radius 2 is 1.48 bits per heavy atom. The average molecular weight is 430 g/mol. The van der Waals surface area contributed by atoms with Gasteiger partial charge in [0, 0.05) is 17.5 Å². The van der Waals surface area contributed by atoms with Crippen LogP contribution in [-0.2, 0) is 0 Å². The van der Waals surface area contributed by atoms with E-state index in [1.165, 1.54) is 12.1 Å². The van der Waals surface area contributed by atoms with E-state index >= 15 is 0 Å². The maximum atomic E-state index is 11.0. The minimum absolute atomic E-state index is 0. The third-order valence-electron chi connectivity index (χ3n) is 4.93. The second-order valence-corrected chi connectivity index (χ2v) is 6.75. The molecular weight excluding hydrogens is 414 g/mol. The number of rotatable bonds is 4. The van der Waals surface area contributed by atoms with Crippen LogP contribution in [-0.4, -0.2) is 20.0 Å². The Hall–Kier alpha value is -4.10. The zero-order valence-corrected chi connectivity index (χ0v) is 16.9. The molecule has 0 aliphatic carbocycles. The lowest BCUT2D eigenvalue weighted by atomic mass is 10.1. The number of aromatic nitrogens is 4. The molecule has 1 heterocycles. The summed E-state index contributed by atoms with van der Waals surface area (Å²) in [5, 5.41) is 22.0. The summed E-state index contributed by atoms with van der Waals surface area (Å²) < 4.78 is 1.93. The Labute approximate surface area is 183 Å². The van der Waals surface area contributed by atoms with Crippen molar-refractivity contribution >= 4 is 16.5 Å². The van der Waals surface area contributed by atoms with Crippen LogP contribution in [0.5, 0.6) is 0 Å². The van der Waals surface area contributed by atoms with Crippen LogP contribution < -0.4 is 17.1 Å². The van der Waals surface area contributed by atoms with Crippen molar-refractivity contribution in [2.75, 3.05) is 0 Å². The van der Waals surface area contributed by atoms with E-state index in [9.17, 15) is 10.1 Å². The summed E-state index contributed by atoms with van der Waals surface area (Å²) in [4.78, 5) is 12.4. The molecule has 4 aromatic carbocycles. The van der Waals surface area contributed by atoms with E-state index in [0.717, 1.165) is 27.7 Å². The van der Waals surface area contributed by atoms with E-state index in [4.69, 9.17) is 0 Å². The lowest BCUT2D eigenvalue weighted by Crippen LogP contribution is -3.00. The molecule has 0 unspecified atom stereocenters. The van der Waals surface area contributed by atoms with E-state index in [1.54, 1.807) is 16.9 Å². The number of halogens is 1. The Morgan fingerprint density at radius 1 is 0.806 bits per heavy atom. The van der Waals surface area contributed by atoms with E-state index in [1.807, 2.05) is 59.3 Å². The minimum atomic E-state index is -0.413. The Kier molecular flexibility index (Phi) is 5.43. The normalized spacial score (nSPS) is 10.6. The number of hydrogen-bond acceptors (Lipinski definition) is 4. The number of hydrogen-bond donors (Lipinski definition) is 0. The van der Waals surface area contributed by atoms with Crippen molar-refractivity contribution < 1.29 is 22.0 Å². The van der Waals surface area contributed by atoms with Crippen LogP contribution in [0.1, 0.15) is 0 Å². The van der Waals surface area contributed by atoms with E-state index in [-0.39, 0.29) is 18.1 Å². The summed E-state index contributed by atoms with van der Waals surface area (Å²) in [7, 11) is 0. The SMILES string of the molecule is O=[N+]([O-])c1ccc(-c2nnn(-c3ccccc3)[n+]2-c2cccc3ccccc23)cc1.[Cl-]. The van der Waals surface area contributed by atoms with Crippen LogP contribution in [0.25, 0.3) is 33.5 Å². The maximum absolute atomic E-state index is 11.0. The van der Waals surface area contributed by atoms with E-state index < -0.39 is 4.92 Å². The van der Waals surface area contributed by atoms with Gasteiger partial charge in [0.05, 0.1) is 10.5 Å². The number of non-ortho nitro benzene ring substituents is 1. The van der Waals surface area contributed by atoms with Crippen molar-refractivity contribution in [2.24, 2.45) is 0 Å². The molecule has 0 amide bonds. The van der Waals surface area contributed by atoms with Crippen LogP contribution >= 0.6 is 0 Å². The van der Waals surface area contributed by atoms with Gasteiger partial charge in [-0.15, -0.1) is 4.68 Å². The molecule has 0 atom stereocenters. The molecule has 0 aliphatic heterocycles. The highest BCUT2D eigenvalue weighted by atomic mass is 35.5. The van der Waals surface area contributed by atoms with Gasteiger partial charge in [-0.3, -0.25) is 10.1 Å². The highest BCUT2D eigenvalue weighted by Gasteiger charge is 2.26. The first-order valence-corrected chi connectivity index (χ1v) is 9.39. The summed E-state index contributed by atoms with van der Waals surface area (Å²) >= 11 is 0. The predicted molar refractivity (Wildman–Crippen MR) is 112 cm³/mol. The number of tetrazole rings is 1. The quantitative estimate of drug-likeness (QED) is 0.245. The number of nitro benzene ring substituents is 1. The van der Waals surface area contributed by atoms with Crippen molar-refractivity contribution in [1.82, 2.24) is 15.1 Å². The Morgan fingerprint density at radius 3 is 2.23 bits per heavy atom. The highest BCUT2D eigenvalue weighted by Crippen LogP contribution is 2.23. The van der Waals surface area contributed by atoms with Crippen LogP contribution in [0.15, 0.2) is 97.1 Å².